The molecule has 0 N–H and O–H groups in total. The van der Waals surface area contributed by atoms with Crippen molar-refractivity contribution in [2.24, 2.45) is 0 Å². The zero-order valence-corrected chi connectivity index (χ0v) is 18.3. The molecule has 4 rings (SSSR count). The first kappa shape index (κ1) is 20.3. The van der Waals surface area contributed by atoms with Crippen molar-refractivity contribution in [2.45, 2.75) is 31.7 Å². The lowest BCUT2D eigenvalue weighted by Gasteiger charge is -2.36. The summed E-state index contributed by atoms with van der Waals surface area (Å²) in [5.41, 5.74) is 1.07. The van der Waals surface area contributed by atoms with Gasteiger partial charge in [0.15, 0.2) is 0 Å². The van der Waals surface area contributed by atoms with E-state index in [9.17, 15) is 9.59 Å². The Bertz CT molecular complexity index is 928. The summed E-state index contributed by atoms with van der Waals surface area (Å²) in [6, 6.07) is 7.92. The third-order valence-corrected chi connectivity index (χ3v) is 7.33. The molecule has 2 aliphatic rings. The Labute approximate surface area is 183 Å². The van der Waals surface area contributed by atoms with Crippen LogP contribution in [-0.2, 0) is 9.59 Å². The highest BCUT2D eigenvalue weighted by atomic mass is 32.2. The molecule has 2 aromatic heterocycles. The molecule has 5 nitrogen and oxygen atoms in total. The maximum Gasteiger partial charge on any atom is 0.266 e. The fourth-order valence-corrected chi connectivity index (χ4v) is 5.73. The van der Waals surface area contributed by atoms with Crippen LogP contribution in [0.5, 0.6) is 0 Å². The molecular weight excluding hydrogens is 422 g/mol. The van der Waals surface area contributed by atoms with E-state index in [0.717, 1.165) is 36.2 Å². The van der Waals surface area contributed by atoms with Crippen molar-refractivity contribution in [3.63, 3.8) is 0 Å². The van der Waals surface area contributed by atoms with E-state index in [4.69, 9.17) is 12.2 Å². The summed E-state index contributed by atoms with van der Waals surface area (Å²) in [5, 5.41) is 1.97. The molecule has 0 saturated carbocycles. The molecule has 8 heteroatoms. The Morgan fingerprint density at radius 3 is 2.97 bits per heavy atom. The number of hydrogen-bond donors (Lipinski definition) is 0. The van der Waals surface area contributed by atoms with Crippen molar-refractivity contribution in [1.82, 2.24) is 14.8 Å². The van der Waals surface area contributed by atoms with Crippen LogP contribution in [0.2, 0.25) is 0 Å². The van der Waals surface area contributed by atoms with Gasteiger partial charge in [-0.25, -0.2) is 0 Å². The standard InChI is InChI=1S/C21H21N3O2S3/c25-19(23-10-2-1-7-17(23)15-5-3-9-22-14-15)8-11-24-20(26)18(29-21(24)27)13-16-6-4-12-28-16/h3-6,9,12-14,17H,1-2,7-8,10-11H2. The molecule has 0 aliphatic carbocycles. The van der Waals surface area contributed by atoms with E-state index < -0.39 is 0 Å². The molecule has 0 spiro atoms. The quantitative estimate of drug-likeness (QED) is 0.503. The average molecular weight is 444 g/mol. The van der Waals surface area contributed by atoms with Crippen molar-refractivity contribution >= 4 is 57.5 Å². The van der Waals surface area contributed by atoms with Crippen molar-refractivity contribution < 1.29 is 9.59 Å². The summed E-state index contributed by atoms with van der Waals surface area (Å²) in [6.07, 6.45) is 8.79. The Balaban J connectivity index is 1.41. The maximum atomic E-state index is 13.0. The van der Waals surface area contributed by atoms with Gasteiger partial charge in [0.05, 0.1) is 10.9 Å². The topological polar surface area (TPSA) is 53.5 Å². The molecule has 150 valence electrons. The van der Waals surface area contributed by atoms with Gasteiger partial charge in [-0.1, -0.05) is 36.1 Å². The van der Waals surface area contributed by atoms with Gasteiger partial charge >= 0.3 is 0 Å². The van der Waals surface area contributed by atoms with Gasteiger partial charge in [0.25, 0.3) is 5.91 Å². The molecule has 0 bridgehead atoms. The Morgan fingerprint density at radius 1 is 1.31 bits per heavy atom. The van der Waals surface area contributed by atoms with Gasteiger partial charge in [-0.05, 0) is 48.4 Å². The fraction of sp³-hybridized carbons (Fsp3) is 0.333. The first-order valence-electron chi connectivity index (χ1n) is 9.62. The summed E-state index contributed by atoms with van der Waals surface area (Å²) in [6.45, 7) is 1.07. The zero-order chi connectivity index (χ0) is 20.2. The van der Waals surface area contributed by atoms with Crippen LogP contribution in [0.4, 0.5) is 0 Å². The molecule has 1 atom stereocenters. The van der Waals surface area contributed by atoms with Crippen LogP contribution in [0, 0.1) is 0 Å². The van der Waals surface area contributed by atoms with Gasteiger partial charge in [-0.15, -0.1) is 11.3 Å². The van der Waals surface area contributed by atoms with Crippen molar-refractivity contribution in [2.75, 3.05) is 13.1 Å². The SMILES string of the molecule is O=C1C(=Cc2cccs2)SC(=S)N1CCC(=O)N1CCCCC1c1cccnc1. The fourth-order valence-electron chi connectivity index (χ4n) is 3.70. The average Bonchev–Trinajstić information content (AvgIpc) is 3.35. The summed E-state index contributed by atoms with van der Waals surface area (Å²) >= 11 is 8.28. The van der Waals surface area contributed by atoms with Crippen LogP contribution in [0.1, 0.15) is 42.2 Å². The molecule has 4 heterocycles. The van der Waals surface area contributed by atoms with Crippen LogP contribution in [-0.4, -0.2) is 44.0 Å². The molecule has 2 amide bonds. The minimum absolute atomic E-state index is 0.0647. The number of amides is 2. The third-order valence-electron chi connectivity index (χ3n) is 5.13. The van der Waals surface area contributed by atoms with Crippen molar-refractivity contribution in [3.05, 3.63) is 57.4 Å². The number of likely N-dealkylation sites (tertiary alicyclic amines) is 1. The van der Waals surface area contributed by atoms with Gasteiger partial charge in [0.2, 0.25) is 5.91 Å². The number of thiocarbonyl (C=S) groups is 1. The lowest BCUT2D eigenvalue weighted by molar-refractivity contribution is -0.135. The van der Waals surface area contributed by atoms with Crippen LogP contribution in [0.15, 0.2) is 46.9 Å². The highest BCUT2D eigenvalue weighted by Gasteiger charge is 2.34. The smallest absolute Gasteiger partial charge is 0.266 e. The van der Waals surface area contributed by atoms with Crippen LogP contribution >= 0.6 is 35.3 Å². The van der Waals surface area contributed by atoms with Gasteiger partial charge in [-0.2, -0.15) is 0 Å². The molecule has 0 radical (unpaired) electrons. The van der Waals surface area contributed by atoms with Crippen molar-refractivity contribution in [1.29, 1.82) is 0 Å². The van der Waals surface area contributed by atoms with Gasteiger partial charge in [0.1, 0.15) is 4.32 Å². The largest absolute Gasteiger partial charge is 0.336 e. The molecule has 1 unspecified atom stereocenters. The predicted molar refractivity (Wildman–Crippen MR) is 121 cm³/mol. The van der Waals surface area contributed by atoms with E-state index in [1.807, 2.05) is 46.8 Å². The molecule has 2 fully saturated rings. The molecular formula is C21H21N3O2S3. The van der Waals surface area contributed by atoms with E-state index in [1.54, 1.807) is 22.4 Å². The minimum Gasteiger partial charge on any atom is -0.336 e. The second-order valence-electron chi connectivity index (χ2n) is 6.98. The molecule has 2 saturated heterocycles. The number of hydrogen-bond acceptors (Lipinski definition) is 6. The van der Waals surface area contributed by atoms with Gasteiger partial charge < -0.3 is 4.90 Å². The lowest BCUT2D eigenvalue weighted by Crippen LogP contribution is -2.40. The second kappa shape index (κ2) is 9.19. The number of aromatic nitrogens is 1. The molecule has 2 aliphatic heterocycles. The van der Waals surface area contributed by atoms with Gasteiger partial charge in [0, 0.05) is 36.8 Å². The Hall–Kier alpha value is -2.03. The second-order valence-corrected chi connectivity index (χ2v) is 9.64. The number of rotatable bonds is 5. The van der Waals surface area contributed by atoms with Crippen LogP contribution in [0.25, 0.3) is 6.08 Å². The normalized spacial score (nSPS) is 21.2. The predicted octanol–water partition coefficient (Wildman–Crippen LogP) is 4.49. The number of carbonyl (C=O) groups excluding carboxylic acids is 2. The number of carbonyl (C=O) groups is 2. The number of nitrogens with zero attached hydrogens (tertiary/aromatic N) is 3. The summed E-state index contributed by atoms with van der Waals surface area (Å²) < 4.78 is 0.521. The first-order valence-corrected chi connectivity index (χ1v) is 11.7. The van der Waals surface area contributed by atoms with E-state index in [0.29, 0.717) is 15.8 Å². The Kier molecular flexibility index (Phi) is 6.42. The highest BCUT2D eigenvalue weighted by Crippen LogP contribution is 2.34. The summed E-state index contributed by atoms with van der Waals surface area (Å²) in [5.74, 6) is -0.0431. The zero-order valence-electron chi connectivity index (χ0n) is 15.8. The van der Waals surface area contributed by atoms with Crippen LogP contribution in [0.3, 0.4) is 0 Å². The minimum atomic E-state index is -0.108. The van der Waals surface area contributed by atoms with Crippen LogP contribution < -0.4 is 0 Å². The monoisotopic (exact) mass is 443 g/mol. The van der Waals surface area contributed by atoms with E-state index in [1.165, 1.54) is 11.8 Å². The highest BCUT2D eigenvalue weighted by molar-refractivity contribution is 8.26. The summed E-state index contributed by atoms with van der Waals surface area (Å²) in [4.78, 5) is 35.1. The Morgan fingerprint density at radius 2 is 2.21 bits per heavy atom. The number of piperidine rings is 1. The van der Waals surface area contributed by atoms with E-state index >= 15 is 0 Å². The molecule has 0 aromatic carbocycles. The number of thioether (sulfide) groups is 1. The molecule has 2 aromatic rings. The van der Waals surface area contributed by atoms with Gasteiger partial charge in [-0.3, -0.25) is 19.5 Å². The maximum absolute atomic E-state index is 13.0. The first-order chi connectivity index (χ1) is 14.1. The van der Waals surface area contributed by atoms with Crippen molar-refractivity contribution in [3.8, 4) is 0 Å². The molecule has 29 heavy (non-hydrogen) atoms. The van der Waals surface area contributed by atoms with E-state index in [2.05, 4.69) is 4.98 Å². The number of thiophene rings is 1. The van der Waals surface area contributed by atoms with E-state index in [-0.39, 0.29) is 24.3 Å². The number of pyridine rings is 1. The lowest BCUT2D eigenvalue weighted by atomic mass is 9.96. The third kappa shape index (κ3) is 4.60. The summed E-state index contributed by atoms with van der Waals surface area (Å²) in [7, 11) is 0.